The van der Waals surface area contributed by atoms with E-state index in [9.17, 15) is 9.59 Å². The number of aryl methyl sites for hydroxylation is 2. The normalized spacial score (nSPS) is 16.0. The lowest BCUT2D eigenvalue weighted by atomic mass is 10.0. The van der Waals surface area contributed by atoms with Gasteiger partial charge < -0.3 is 10.6 Å². The van der Waals surface area contributed by atoms with Crippen molar-refractivity contribution in [2.24, 2.45) is 0 Å². The van der Waals surface area contributed by atoms with Crippen molar-refractivity contribution < 1.29 is 9.59 Å². The Kier molecular flexibility index (Phi) is 8.20. The molecule has 1 unspecified atom stereocenters. The molecule has 1 aliphatic rings. The molecule has 0 bridgehead atoms. The Labute approximate surface area is 185 Å². The largest absolute Gasteiger partial charge is 0.355 e. The van der Waals surface area contributed by atoms with Gasteiger partial charge in [-0.05, 0) is 49.1 Å². The second kappa shape index (κ2) is 11.1. The van der Waals surface area contributed by atoms with Crippen LogP contribution < -0.4 is 10.6 Å². The summed E-state index contributed by atoms with van der Waals surface area (Å²) in [5.41, 5.74) is 4.07. The van der Waals surface area contributed by atoms with Crippen LogP contribution in [0.2, 0.25) is 0 Å². The summed E-state index contributed by atoms with van der Waals surface area (Å²) in [6.45, 7) is 10.2. The van der Waals surface area contributed by atoms with Crippen molar-refractivity contribution in [2.45, 2.75) is 33.2 Å². The van der Waals surface area contributed by atoms with Crippen molar-refractivity contribution >= 4 is 17.5 Å². The van der Waals surface area contributed by atoms with Crippen LogP contribution in [0, 0.1) is 13.8 Å². The van der Waals surface area contributed by atoms with Crippen molar-refractivity contribution in [3.8, 4) is 0 Å². The molecule has 2 aromatic rings. The molecule has 0 saturated carbocycles. The Morgan fingerprint density at radius 1 is 0.968 bits per heavy atom. The van der Waals surface area contributed by atoms with Crippen LogP contribution in [-0.2, 0) is 9.59 Å². The third-order valence-corrected chi connectivity index (χ3v) is 5.56. The van der Waals surface area contributed by atoms with Gasteiger partial charge in [-0.15, -0.1) is 0 Å². The fourth-order valence-corrected chi connectivity index (χ4v) is 4.12. The minimum atomic E-state index is -0.363. The maximum absolute atomic E-state index is 13.4. The number of nitrogens with one attached hydrogen (secondary N) is 2. The lowest BCUT2D eigenvalue weighted by Gasteiger charge is -2.38. The van der Waals surface area contributed by atoms with Crippen LogP contribution in [-0.4, -0.2) is 60.9 Å². The van der Waals surface area contributed by atoms with E-state index < -0.39 is 0 Å². The highest BCUT2D eigenvalue weighted by atomic mass is 16.2. The fourth-order valence-electron chi connectivity index (χ4n) is 4.12. The van der Waals surface area contributed by atoms with Crippen LogP contribution >= 0.6 is 0 Å². The van der Waals surface area contributed by atoms with Crippen molar-refractivity contribution in [1.29, 1.82) is 0 Å². The van der Waals surface area contributed by atoms with Crippen molar-refractivity contribution in [2.75, 3.05) is 44.6 Å². The van der Waals surface area contributed by atoms with E-state index >= 15 is 0 Å². The molecule has 1 saturated heterocycles. The molecular formula is C25H34N4O2. The molecule has 31 heavy (non-hydrogen) atoms. The summed E-state index contributed by atoms with van der Waals surface area (Å²) in [5.74, 6) is 0.0489. The van der Waals surface area contributed by atoms with Crippen LogP contribution in [0.3, 0.4) is 0 Å². The van der Waals surface area contributed by atoms with Crippen molar-refractivity contribution in [3.63, 3.8) is 0 Å². The van der Waals surface area contributed by atoms with Gasteiger partial charge in [-0.25, -0.2) is 0 Å². The molecule has 1 fully saturated rings. The summed E-state index contributed by atoms with van der Waals surface area (Å²) in [5, 5.41) is 6.06. The number of nitrogens with zero attached hydrogens (tertiary/aromatic N) is 2. The van der Waals surface area contributed by atoms with E-state index in [2.05, 4.69) is 26.5 Å². The predicted molar refractivity (Wildman–Crippen MR) is 125 cm³/mol. The molecule has 2 N–H and O–H groups in total. The van der Waals surface area contributed by atoms with Gasteiger partial charge in [-0.3, -0.25) is 19.4 Å². The standard InChI is InChI=1S/C25H34N4O2/c1-4-10-26-23(30)18-28-11-13-29(14-12-28)24(21-8-6-5-7-9-21)25(31)27-22-16-19(2)15-20(3)17-22/h5-9,15-17,24H,4,10-14,18H2,1-3H3,(H,26,30)(H,27,31). The van der Waals surface area contributed by atoms with E-state index in [0.29, 0.717) is 13.1 Å². The number of benzene rings is 2. The van der Waals surface area contributed by atoms with Gasteiger partial charge >= 0.3 is 0 Å². The molecule has 2 amide bonds. The molecule has 0 spiro atoms. The number of carbonyl (C=O) groups excluding carboxylic acids is 2. The molecule has 2 aromatic carbocycles. The number of hydrogen-bond donors (Lipinski definition) is 2. The molecule has 1 aliphatic heterocycles. The van der Waals surface area contributed by atoms with Gasteiger partial charge in [-0.1, -0.05) is 43.3 Å². The molecule has 1 atom stereocenters. The molecular weight excluding hydrogens is 388 g/mol. The molecule has 6 nitrogen and oxygen atoms in total. The second-order valence-corrected chi connectivity index (χ2v) is 8.34. The van der Waals surface area contributed by atoms with E-state index in [4.69, 9.17) is 0 Å². The van der Waals surface area contributed by atoms with Gasteiger partial charge in [-0.2, -0.15) is 0 Å². The molecule has 0 radical (unpaired) electrons. The number of carbonyl (C=O) groups is 2. The lowest BCUT2D eigenvalue weighted by Crippen LogP contribution is -2.52. The van der Waals surface area contributed by atoms with E-state index in [1.54, 1.807) is 0 Å². The van der Waals surface area contributed by atoms with Crippen molar-refractivity contribution in [3.05, 3.63) is 65.2 Å². The molecule has 0 aromatic heterocycles. The van der Waals surface area contributed by atoms with Gasteiger partial charge in [0.25, 0.3) is 0 Å². The van der Waals surface area contributed by atoms with E-state index in [-0.39, 0.29) is 17.9 Å². The topological polar surface area (TPSA) is 64.7 Å². The number of piperazine rings is 1. The van der Waals surface area contributed by atoms with Gasteiger partial charge in [0, 0.05) is 38.4 Å². The monoisotopic (exact) mass is 422 g/mol. The maximum atomic E-state index is 13.4. The molecule has 1 heterocycles. The summed E-state index contributed by atoms with van der Waals surface area (Å²) in [7, 11) is 0. The first-order chi connectivity index (χ1) is 15.0. The van der Waals surface area contributed by atoms with E-state index in [1.165, 1.54) is 0 Å². The van der Waals surface area contributed by atoms with Gasteiger partial charge in [0.2, 0.25) is 11.8 Å². The Morgan fingerprint density at radius 2 is 1.61 bits per heavy atom. The Balaban J connectivity index is 1.69. The van der Waals surface area contributed by atoms with Gasteiger partial charge in [0.1, 0.15) is 6.04 Å². The summed E-state index contributed by atoms with van der Waals surface area (Å²) in [4.78, 5) is 29.8. The van der Waals surface area contributed by atoms with Crippen molar-refractivity contribution in [1.82, 2.24) is 15.1 Å². The minimum absolute atomic E-state index is 0.0228. The zero-order valence-corrected chi connectivity index (χ0v) is 18.9. The minimum Gasteiger partial charge on any atom is -0.355 e. The van der Waals surface area contributed by atoms with E-state index in [0.717, 1.165) is 55.0 Å². The first kappa shape index (κ1) is 23.0. The highest BCUT2D eigenvalue weighted by Gasteiger charge is 2.31. The van der Waals surface area contributed by atoms with Gasteiger partial charge in [0.15, 0.2) is 0 Å². The van der Waals surface area contributed by atoms with Crippen LogP contribution in [0.4, 0.5) is 5.69 Å². The third kappa shape index (κ3) is 6.64. The Morgan fingerprint density at radius 3 is 2.23 bits per heavy atom. The van der Waals surface area contributed by atoms with Crippen LogP contribution in [0.1, 0.15) is 36.1 Å². The summed E-state index contributed by atoms with van der Waals surface area (Å²) < 4.78 is 0. The SMILES string of the molecule is CCCNC(=O)CN1CCN(C(C(=O)Nc2cc(C)cc(C)c2)c2ccccc2)CC1. The quantitative estimate of drug-likeness (QED) is 0.686. The molecule has 0 aliphatic carbocycles. The smallest absolute Gasteiger partial charge is 0.246 e. The highest BCUT2D eigenvalue weighted by molar-refractivity contribution is 5.95. The number of hydrogen-bond acceptors (Lipinski definition) is 4. The van der Waals surface area contributed by atoms with Gasteiger partial charge in [0.05, 0.1) is 6.54 Å². The predicted octanol–water partition coefficient (Wildman–Crippen LogP) is 3.13. The summed E-state index contributed by atoms with van der Waals surface area (Å²) >= 11 is 0. The average molecular weight is 423 g/mol. The highest BCUT2D eigenvalue weighted by Crippen LogP contribution is 2.25. The van der Waals surface area contributed by atoms with Crippen LogP contribution in [0.25, 0.3) is 0 Å². The first-order valence-corrected chi connectivity index (χ1v) is 11.1. The maximum Gasteiger partial charge on any atom is 0.246 e. The Bertz CT molecular complexity index is 856. The summed E-state index contributed by atoms with van der Waals surface area (Å²) in [6.07, 6.45) is 0.938. The zero-order chi connectivity index (χ0) is 22.2. The molecule has 6 heteroatoms. The number of rotatable bonds is 8. The molecule has 166 valence electrons. The summed E-state index contributed by atoms with van der Waals surface area (Å²) in [6, 6.07) is 15.7. The average Bonchev–Trinajstić information content (AvgIpc) is 2.74. The molecule has 3 rings (SSSR count). The van der Waals surface area contributed by atoms with Crippen LogP contribution in [0.5, 0.6) is 0 Å². The van der Waals surface area contributed by atoms with E-state index in [1.807, 2.05) is 63.2 Å². The number of amides is 2. The third-order valence-electron chi connectivity index (χ3n) is 5.56. The zero-order valence-electron chi connectivity index (χ0n) is 18.9. The Hall–Kier alpha value is -2.70. The lowest BCUT2D eigenvalue weighted by molar-refractivity contribution is -0.125. The second-order valence-electron chi connectivity index (χ2n) is 8.34. The number of anilines is 1. The van der Waals surface area contributed by atoms with Crippen LogP contribution in [0.15, 0.2) is 48.5 Å². The fraction of sp³-hybridized carbons (Fsp3) is 0.440. The first-order valence-electron chi connectivity index (χ1n) is 11.1.